The standard InChI is InChI=1S/C25H27Cl2N3O4/c1-29(22(16-30-11-5-6-12-30)17-7-3-2-4-8-17)24(32)14-18-13-19(26)20(27)15-21(18)28-23(31)9-10-25(33)34/h2-4,7-10,13,15,22H,5-6,11-12,14,16H2,1H3,(H,28,31)(H,33,34)/b10-9-. The highest BCUT2D eigenvalue weighted by Crippen LogP contribution is 2.31. The van der Waals surface area contributed by atoms with E-state index in [0.29, 0.717) is 11.3 Å². The molecular formula is C25H27Cl2N3O4. The van der Waals surface area contributed by atoms with Crippen LogP contribution in [0.3, 0.4) is 0 Å². The molecule has 3 rings (SSSR count). The molecule has 7 nitrogen and oxygen atoms in total. The third-order valence-electron chi connectivity index (χ3n) is 5.80. The van der Waals surface area contributed by atoms with E-state index in [1.54, 1.807) is 18.0 Å². The fourth-order valence-electron chi connectivity index (χ4n) is 3.97. The average Bonchev–Trinajstić information content (AvgIpc) is 3.33. The minimum absolute atomic E-state index is 0.0189. The van der Waals surface area contributed by atoms with E-state index >= 15 is 0 Å². The third-order valence-corrected chi connectivity index (χ3v) is 6.52. The number of likely N-dealkylation sites (tertiary alicyclic amines) is 1. The quantitative estimate of drug-likeness (QED) is 0.494. The van der Waals surface area contributed by atoms with Crippen molar-refractivity contribution in [3.63, 3.8) is 0 Å². The average molecular weight is 504 g/mol. The van der Waals surface area contributed by atoms with Gasteiger partial charge in [-0.2, -0.15) is 0 Å². The van der Waals surface area contributed by atoms with Gasteiger partial charge < -0.3 is 20.2 Å². The zero-order chi connectivity index (χ0) is 24.7. The molecule has 1 aliphatic heterocycles. The summed E-state index contributed by atoms with van der Waals surface area (Å²) in [7, 11) is 1.78. The van der Waals surface area contributed by atoms with E-state index < -0.39 is 11.9 Å². The first-order valence-electron chi connectivity index (χ1n) is 11.0. The second-order valence-electron chi connectivity index (χ2n) is 8.20. The first-order valence-corrected chi connectivity index (χ1v) is 11.7. The molecule has 0 spiro atoms. The number of carboxylic acid groups (broad SMARTS) is 1. The Labute approximate surface area is 208 Å². The number of nitrogens with zero attached hydrogens (tertiary/aromatic N) is 2. The first kappa shape index (κ1) is 25.7. The minimum atomic E-state index is -1.24. The molecule has 0 aromatic heterocycles. The molecule has 9 heteroatoms. The molecule has 2 N–H and O–H groups in total. The summed E-state index contributed by atoms with van der Waals surface area (Å²) in [6.07, 6.45) is 3.91. The number of rotatable bonds is 9. The van der Waals surface area contributed by atoms with Crippen molar-refractivity contribution < 1.29 is 19.5 Å². The lowest BCUT2D eigenvalue weighted by atomic mass is 10.0. The van der Waals surface area contributed by atoms with Crippen LogP contribution in [0.25, 0.3) is 0 Å². The number of aliphatic carboxylic acids is 1. The van der Waals surface area contributed by atoms with Gasteiger partial charge in [0.15, 0.2) is 0 Å². The molecule has 1 aliphatic rings. The number of hydrogen-bond donors (Lipinski definition) is 2. The summed E-state index contributed by atoms with van der Waals surface area (Å²) < 4.78 is 0. The highest BCUT2D eigenvalue weighted by molar-refractivity contribution is 6.42. The molecule has 0 aliphatic carbocycles. The highest BCUT2D eigenvalue weighted by Gasteiger charge is 2.26. The molecule has 180 valence electrons. The molecule has 0 bridgehead atoms. The minimum Gasteiger partial charge on any atom is -0.478 e. The molecule has 1 saturated heterocycles. The van der Waals surface area contributed by atoms with Gasteiger partial charge in [-0.05, 0) is 49.2 Å². The van der Waals surface area contributed by atoms with E-state index in [1.807, 2.05) is 30.3 Å². The Morgan fingerprint density at radius 3 is 2.38 bits per heavy atom. The maximum absolute atomic E-state index is 13.4. The van der Waals surface area contributed by atoms with Crippen LogP contribution in [0.1, 0.15) is 30.0 Å². The summed E-state index contributed by atoms with van der Waals surface area (Å²) >= 11 is 12.3. The Kier molecular flexibility index (Phi) is 9.10. The van der Waals surface area contributed by atoms with Crippen LogP contribution in [0.5, 0.6) is 0 Å². The summed E-state index contributed by atoms with van der Waals surface area (Å²) in [5.41, 5.74) is 1.83. The molecule has 1 unspecified atom stereocenters. The van der Waals surface area contributed by atoms with E-state index in [2.05, 4.69) is 10.2 Å². The van der Waals surface area contributed by atoms with E-state index in [0.717, 1.165) is 50.2 Å². The summed E-state index contributed by atoms with van der Waals surface area (Å²) in [5, 5.41) is 11.8. The monoisotopic (exact) mass is 503 g/mol. The number of benzene rings is 2. The number of hydrogen-bond acceptors (Lipinski definition) is 4. The predicted molar refractivity (Wildman–Crippen MR) is 133 cm³/mol. The number of amides is 2. The van der Waals surface area contributed by atoms with E-state index in [1.165, 1.54) is 6.07 Å². The van der Waals surface area contributed by atoms with Crippen LogP contribution in [0.2, 0.25) is 10.0 Å². The molecule has 2 aromatic carbocycles. The Morgan fingerprint density at radius 2 is 1.74 bits per heavy atom. The van der Waals surface area contributed by atoms with Crippen molar-refractivity contribution in [2.45, 2.75) is 25.3 Å². The largest absolute Gasteiger partial charge is 0.478 e. The van der Waals surface area contributed by atoms with Gasteiger partial charge in [-0.25, -0.2) is 4.79 Å². The topological polar surface area (TPSA) is 90.0 Å². The Bertz CT molecular complexity index is 1070. The van der Waals surface area contributed by atoms with Gasteiger partial charge in [-0.15, -0.1) is 0 Å². The van der Waals surface area contributed by atoms with Gasteiger partial charge in [0.05, 0.1) is 22.5 Å². The van der Waals surface area contributed by atoms with Crippen molar-refractivity contribution in [3.8, 4) is 0 Å². The summed E-state index contributed by atoms with van der Waals surface area (Å²) in [6, 6.07) is 12.8. The normalized spacial score (nSPS) is 14.8. The van der Waals surface area contributed by atoms with Gasteiger partial charge in [0.1, 0.15) is 0 Å². The molecule has 2 amide bonds. The summed E-state index contributed by atoms with van der Waals surface area (Å²) in [6.45, 7) is 2.76. The molecule has 1 fully saturated rings. The Hall–Kier alpha value is -2.87. The molecule has 1 atom stereocenters. The van der Waals surface area contributed by atoms with Crippen molar-refractivity contribution in [1.29, 1.82) is 0 Å². The third kappa shape index (κ3) is 7.06. The second-order valence-corrected chi connectivity index (χ2v) is 9.01. The number of carbonyl (C=O) groups is 3. The van der Waals surface area contributed by atoms with Gasteiger partial charge >= 0.3 is 5.97 Å². The fraction of sp³-hybridized carbons (Fsp3) is 0.320. The van der Waals surface area contributed by atoms with Gasteiger partial charge in [0.25, 0.3) is 0 Å². The van der Waals surface area contributed by atoms with Crippen molar-refractivity contribution in [3.05, 3.63) is 75.8 Å². The lowest BCUT2D eigenvalue weighted by molar-refractivity contribution is -0.132. The Balaban J connectivity index is 1.82. The maximum atomic E-state index is 13.4. The molecule has 0 saturated carbocycles. The van der Waals surface area contributed by atoms with E-state index in [9.17, 15) is 14.4 Å². The van der Waals surface area contributed by atoms with E-state index in [4.69, 9.17) is 28.3 Å². The van der Waals surface area contributed by atoms with Gasteiger partial charge in [0, 0.05) is 31.4 Å². The lowest BCUT2D eigenvalue weighted by Gasteiger charge is -2.32. The number of nitrogens with one attached hydrogen (secondary N) is 1. The number of halogens is 2. The van der Waals surface area contributed by atoms with Crippen molar-refractivity contribution in [2.24, 2.45) is 0 Å². The second kappa shape index (κ2) is 12.0. The van der Waals surface area contributed by atoms with Crippen LogP contribution in [-0.2, 0) is 20.8 Å². The smallest absolute Gasteiger partial charge is 0.328 e. The van der Waals surface area contributed by atoms with Crippen molar-refractivity contribution in [1.82, 2.24) is 9.80 Å². The van der Waals surface area contributed by atoms with E-state index in [-0.39, 0.29) is 28.4 Å². The van der Waals surface area contributed by atoms with Crippen LogP contribution in [0, 0.1) is 0 Å². The van der Waals surface area contributed by atoms with Crippen molar-refractivity contribution in [2.75, 3.05) is 32.0 Å². The molecule has 34 heavy (non-hydrogen) atoms. The van der Waals surface area contributed by atoms with Gasteiger partial charge in [-0.1, -0.05) is 53.5 Å². The van der Waals surface area contributed by atoms with Crippen LogP contribution in [-0.4, -0.2) is 59.4 Å². The lowest BCUT2D eigenvalue weighted by Crippen LogP contribution is -2.39. The van der Waals surface area contributed by atoms with Crippen molar-refractivity contribution >= 4 is 46.7 Å². The van der Waals surface area contributed by atoms with Gasteiger partial charge in [0.2, 0.25) is 11.8 Å². The summed E-state index contributed by atoms with van der Waals surface area (Å²) in [5.74, 6) is -2.05. The zero-order valence-corrected chi connectivity index (χ0v) is 20.4. The zero-order valence-electron chi connectivity index (χ0n) is 18.8. The number of carboxylic acids is 1. The van der Waals surface area contributed by atoms with Crippen LogP contribution in [0.15, 0.2) is 54.6 Å². The van der Waals surface area contributed by atoms with Gasteiger partial charge in [-0.3, -0.25) is 9.59 Å². The maximum Gasteiger partial charge on any atom is 0.328 e. The molecule has 1 heterocycles. The Morgan fingerprint density at radius 1 is 1.09 bits per heavy atom. The number of likely N-dealkylation sites (N-methyl/N-ethyl adjacent to an activating group) is 1. The van der Waals surface area contributed by atoms with Crippen LogP contribution >= 0.6 is 23.2 Å². The van der Waals surface area contributed by atoms with Crippen LogP contribution < -0.4 is 5.32 Å². The highest BCUT2D eigenvalue weighted by atomic mass is 35.5. The number of carbonyl (C=O) groups excluding carboxylic acids is 2. The fourth-order valence-corrected chi connectivity index (χ4v) is 4.32. The first-order chi connectivity index (χ1) is 16.2. The SMILES string of the molecule is CN(C(=O)Cc1cc(Cl)c(Cl)cc1NC(=O)/C=C\C(=O)O)C(CN1CCCC1)c1ccccc1. The van der Waals surface area contributed by atoms with Crippen LogP contribution in [0.4, 0.5) is 5.69 Å². The predicted octanol–water partition coefficient (Wildman–Crippen LogP) is 4.41. The molecular weight excluding hydrogens is 477 g/mol. The number of anilines is 1. The molecule has 2 aromatic rings. The molecule has 0 radical (unpaired) electrons. The summed E-state index contributed by atoms with van der Waals surface area (Å²) in [4.78, 5) is 40.3.